The molecule has 27 heavy (non-hydrogen) atoms. The lowest BCUT2D eigenvalue weighted by Crippen LogP contribution is -2.28. The van der Waals surface area contributed by atoms with Crippen molar-refractivity contribution in [2.24, 2.45) is 4.99 Å². The molecule has 0 bridgehead atoms. The lowest BCUT2D eigenvalue weighted by atomic mass is 10.2. The topological polar surface area (TPSA) is 79.8 Å². The molecule has 140 valence electrons. The summed E-state index contributed by atoms with van der Waals surface area (Å²) in [7, 11) is 1.54. The summed E-state index contributed by atoms with van der Waals surface area (Å²) in [6.07, 6.45) is 1.02. The van der Waals surface area contributed by atoms with Crippen molar-refractivity contribution in [2.75, 3.05) is 12.4 Å². The number of para-hydroxylation sites is 2. The Bertz CT molecular complexity index is 865. The molecule has 0 radical (unpaired) electrons. The molecular weight excluding hydrogens is 362 g/mol. The summed E-state index contributed by atoms with van der Waals surface area (Å²) in [6, 6.07) is 15.0. The van der Waals surface area contributed by atoms with E-state index in [1.54, 1.807) is 19.2 Å². The summed E-state index contributed by atoms with van der Waals surface area (Å²) in [6.45, 7) is 2.09. The van der Waals surface area contributed by atoms with Gasteiger partial charge in [-0.1, -0.05) is 43.0 Å². The van der Waals surface area contributed by atoms with Gasteiger partial charge in [-0.15, -0.1) is 0 Å². The van der Waals surface area contributed by atoms with Crippen molar-refractivity contribution in [3.8, 4) is 5.75 Å². The van der Waals surface area contributed by atoms with Crippen LogP contribution in [0.25, 0.3) is 0 Å². The van der Waals surface area contributed by atoms with E-state index in [9.17, 15) is 9.59 Å². The van der Waals surface area contributed by atoms with Gasteiger partial charge in [0, 0.05) is 6.42 Å². The number of benzene rings is 2. The molecule has 3 rings (SSSR count). The predicted octanol–water partition coefficient (Wildman–Crippen LogP) is 3.51. The van der Waals surface area contributed by atoms with Crippen LogP contribution in [0.3, 0.4) is 0 Å². The standard InChI is InChI=1S/C20H21N3O3S/c1-3-13-8-10-14(11-9-13)21-20-23-19(25)17(27-20)12-18(24)22-15-6-4-5-7-16(15)26-2/h4-11,17H,3,12H2,1-2H3,(H,22,24)(H,21,23,25)/t17-/m0/s1. The first kappa shape index (κ1) is 19.0. The van der Waals surface area contributed by atoms with Crippen LogP contribution in [0.5, 0.6) is 5.75 Å². The van der Waals surface area contributed by atoms with Gasteiger partial charge in [0.1, 0.15) is 11.0 Å². The maximum atomic E-state index is 12.3. The highest BCUT2D eigenvalue weighted by Gasteiger charge is 2.32. The summed E-state index contributed by atoms with van der Waals surface area (Å²) >= 11 is 1.27. The van der Waals surface area contributed by atoms with E-state index in [2.05, 4.69) is 22.5 Å². The molecule has 0 saturated carbocycles. The average molecular weight is 383 g/mol. The largest absolute Gasteiger partial charge is 0.495 e. The minimum absolute atomic E-state index is 0.0579. The van der Waals surface area contributed by atoms with Gasteiger partial charge >= 0.3 is 0 Å². The maximum absolute atomic E-state index is 12.3. The van der Waals surface area contributed by atoms with E-state index in [1.807, 2.05) is 36.4 Å². The lowest BCUT2D eigenvalue weighted by Gasteiger charge is -2.10. The van der Waals surface area contributed by atoms with Crippen LogP contribution in [0.2, 0.25) is 0 Å². The van der Waals surface area contributed by atoms with Gasteiger partial charge in [-0.25, -0.2) is 4.99 Å². The Morgan fingerprint density at radius 3 is 2.67 bits per heavy atom. The fourth-order valence-electron chi connectivity index (χ4n) is 2.63. The van der Waals surface area contributed by atoms with E-state index in [0.717, 1.165) is 12.1 Å². The molecule has 7 heteroatoms. The van der Waals surface area contributed by atoms with E-state index in [-0.39, 0.29) is 18.2 Å². The molecular formula is C20H21N3O3S. The number of hydrogen-bond acceptors (Lipinski definition) is 5. The molecule has 6 nitrogen and oxygen atoms in total. The molecule has 1 aliphatic rings. The Morgan fingerprint density at radius 2 is 1.96 bits per heavy atom. The molecule has 0 spiro atoms. The van der Waals surface area contributed by atoms with Gasteiger partial charge in [0.25, 0.3) is 0 Å². The highest BCUT2D eigenvalue weighted by molar-refractivity contribution is 8.15. The molecule has 0 aliphatic carbocycles. The zero-order valence-electron chi connectivity index (χ0n) is 15.2. The van der Waals surface area contributed by atoms with Crippen molar-refractivity contribution in [1.82, 2.24) is 5.32 Å². The van der Waals surface area contributed by atoms with Crippen molar-refractivity contribution in [2.45, 2.75) is 25.0 Å². The van der Waals surface area contributed by atoms with Gasteiger partial charge in [-0.2, -0.15) is 0 Å². The Labute approximate surface area is 162 Å². The number of amidine groups is 1. The monoisotopic (exact) mass is 383 g/mol. The number of methoxy groups -OCH3 is 1. The van der Waals surface area contributed by atoms with Crippen LogP contribution in [-0.4, -0.2) is 29.3 Å². The van der Waals surface area contributed by atoms with Crippen LogP contribution < -0.4 is 15.4 Å². The van der Waals surface area contributed by atoms with Crippen molar-refractivity contribution < 1.29 is 14.3 Å². The van der Waals surface area contributed by atoms with E-state index >= 15 is 0 Å². The molecule has 1 heterocycles. The van der Waals surface area contributed by atoms with Crippen molar-refractivity contribution in [1.29, 1.82) is 0 Å². The van der Waals surface area contributed by atoms with Gasteiger partial charge in [-0.3, -0.25) is 9.59 Å². The molecule has 2 aromatic rings. The molecule has 2 N–H and O–H groups in total. The first-order valence-corrected chi connectivity index (χ1v) is 9.55. The third-order valence-corrected chi connectivity index (χ3v) is 5.19. The number of thioether (sulfide) groups is 1. The van der Waals surface area contributed by atoms with Crippen LogP contribution in [0.1, 0.15) is 18.9 Å². The molecule has 2 aromatic carbocycles. The molecule has 1 aliphatic heterocycles. The molecule has 2 amide bonds. The summed E-state index contributed by atoms with van der Waals surface area (Å²) in [5, 5.41) is 5.54. The van der Waals surface area contributed by atoms with Crippen molar-refractivity contribution in [3.05, 3.63) is 54.1 Å². The third-order valence-electron chi connectivity index (χ3n) is 4.10. The Morgan fingerprint density at radius 1 is 1.22 bits per heavy atom. The average Bonchev–Trinajstić information content (AvgIpc) is 3.01. The van der Waals surface area contributed by atoms with Gasteiger partial charge in [0.05, 0.1) is 18.5 Å². The number of nitrogens with one attached hydrogen (secondary N) is 2. The van der Waals surface area contributed by atoms with Crippen molar-refractivity contribution in [3.63, 3.8) is 0 Å². The fraction of sp³-hybridized carbons (Fsp3) is 0.250. The maximum Gasteiger partial charge on any atom is 0.240 e. The molecule has 1 saturated heterocycles. The number of amides is 2. The number of aliphatic imine (C=N–C) groups is 1. The minimum Gasteiger partial charge on any atom is -0.495 e. The zero-order valence-corrected chi connectivity index (χ0v) is 16.0. The van der Waals surface area contributed by atoms with E-state index < -0.39 is 5.25 Å². The number of carbonyl (C=O) groups excluding carboxylic acids is 2. The summed E-state index contributed by atoms with van der Waals surface area (Å²) in [5.74, 6) is 0.118. The van der Waals surface area contributed by atoms with Gasteiger partial charge in [0.15, 0.2) is 5.17 Å². The van der Waals surface area contributed by atoms with Crippen LogP contribution in [0.4, 0.5) is 11.4 Å². The van der Waals surface area contributed by atoms with Gasteiger partial charge in [-0.05, 0) is 36.2 Å². The van der Waals surface area contributed by atoms with Crippen LogP contribution in [-0.2, 0) is 16.0 Å². The van der Waals surface area contributed by atoms with Crippen LogP contribution in [0, 0.1) is 0 Å². The number of hydrogen-bond donors (Lipinski definition) is 2. The molecule has 1 fully saturated rings. The number of anilines is 1. The third kappa shape index (κ3) is 4.89. The minimum atomic E-state index is -0.506. The lowest BCUT2D eigenvalue weighted by molar-refractivity contribution is -0.122. The van der Waals surface area contributed by atoms with Crippen LogP contribution >= 0.6 is 11.8 Å². The molecule has 0 unspecified atom stereocenters. The summed E-state index contributed by atoms with van der Waals surface area (Å²) in [4.78, 5) is 28.9. The number of ether oxygens (including phenoxy) is 1. The first-order valence-electron chi connectivity index (χ1n) is 8.67. The normalized spacial score (nSPS) is 17.6. The second-order valence-electron chi connectivity index (χ2n) is 5.99. The number of aryl methyl sites for hydroxylation is 1. The number of carbonyl (C=O) groups is 2. The zero-order chi connectivity index (χ0) is 19.2. The predicted molar refractivity (Wildman–Crippen MR) is 109 cm³/mol. The van der Waals surface area contributed by atoms with Crippen LogP contribution in [0.15, 0.2) is 53.5 Å². The number of nitrogens with zero attached hydrogens (tertiary/aromatic N) is 1. The number of rotatable bonds is 6. The molecule has 1 atom stereocenters. The SMILES string of the molecule is CCc1ccc(N=C2NC(=O)[C@H](CC(=O)Nc3ccccc3OC)S2)cc1. The van der Waals surface area contributed by atoms with E-state index in [0.29, 0.717) is 16.6 Å². The Kier molecular flexibility index (Phi) is 6.13. The highest BCUT2D eigenvalue weighted by atomic mass is 32.2. The first-order chi connectivity index (χ1) is 13.1. The van der Waals surface area contributed by atoms with Gasteiger partial charge in [0.2, 0.25) is 11.8 Å². The van der Waals surface area contributed by atoms with E-state index in [1.165, 1.54) is 17.3 Å². The second kappa shape index (κ2) is 8.73. The summed E-state index contributed by atoms with van der Waals surface area (Å²) < 4.78 is 5.22. The smallest absolute Gasteiger partial charge is 0.240 e. The quantitative estimate of drug-likeness (QED) is 0.800. The molecule has 0 aromatic heterocycles. The highest BCUT2D eigenvalue weighted by Crippen LogP contribution is 2.27. The Hall–Kier alpha value is -2.80. The van der Waals surface area contributed by atoms with Gasteiger partial charge < -0.3 is 15.4 Å². The Balaban J connectivity index is 1.61. The van der Waals surface area contributed by atoms with Crippen molar-refractivity contribution >= 4 is 40.1 Å². The fourth-order valence-corrected chi connectivity index (χ4v) is 3.62. The second-order valence-corrected chi connectivity index (χ2v) is 7.18. The summed E-state index contributed by atoms with van der Waals surface area (Å²) in [5.41, 5.74) is 2.58. The van der Waals surface area contributed by atoms with E-state index in [4.69, 9.17) is 4.74 Å².